The number of carbonyl (C=O) groups is 1. The smallest absolute Gasteiger partial charge is 0.410 e. The van der Waals surface area contributed by atoms with E-state index in [-0.39, 0.29) is 23.6 Å². The van der Waals surface area contributed by atoms with Crippen LogP contribution in [0.4, 0.5) is 4.79 Å². The predicted octanol–water partition coefficient (Wildman–Crippen LogP) is 3.80. The molecule has 0 aromatic rings. The van der Waals surface area contributed by atoms with E-state index in [0.29, 0.717) is 19.4 Å². The Bertz CT molecular complexity index is 556. The Hall–Kier alpha value is -1.19. The van der Waals surface area contributed by atoms with Crippen LogP contribution in [0.2, 0.25) is 18.1 Å². The summed E-state index contributed by atoms with van der Waals surface area (Å²) in [6, 6.07) is -0.161. The van der Waals surface area contributed by atoms with Crippen LogP contribution in [0.15, 0.2) is 0 Å². The topological polar surface area (TPSA) is 102 Å². The Morgan fingerprint density at radius 1 is 1.29 bits per heavy atom. The number of amides is 1. The summed E-state index contributed by atoms with van der Waals surface area (Å²) in [6.07, 6.45) is -0.121. The molecule has 0 bridgehead atoms. The van der Waals surface area contributed by atoms with Gasteiger partial charge in [0.25, 0.3) is 0 Å². The Balaban J connectivity index is 2.86. The summed E-state index contributed by atoms with van der Waals surface area (Å²) in [6.45, 7) is 16.3. The highest BCUT2D eigenvalue weighted by Gasteiger charge is 2.44. The van der Waals surface area contributed by atoms with Gasteiger partial charge >= 0.3 is 6.09 Å². The molecule has 8 nitrogen and oxygen atoms in total. The van der Waals surface area contributed by atoms with Crippen molar-refractivity contribution in [3.8, 4) is 0 Å². The average Bonchev–Trinajstić information content (AvgIpc) is 2.83. The number of hydrogen-bond donors (Lipinski definition) is 1. The minimum absolute atomic E-state index is 0.0593. The lowest BCUT2D eigenvalue weighted by atomic mass is 10.1. The predicted molar refractivity (Wildman–Crippen MR) is 111 cm³/mol. The summed E-state index contributed by atoms with van der Waals surface area (Å²) >= 11 is 0. The molecule has 1 unspecified atom stereocenters. The molecule has 1 rings (SSSR count). The third-order valence-electron chi connectivity index (χ3n) is 5.46. The third kappa shape index (κ3) is 7.67. The fourth-order valence-electron chi connectivity index (χ4n) is 3.02. The Morgan fingerprint density at radius 2 is 1.86 bits per heavy atom. The lowest BCUT2D eigenvalue weighted by Gasteiger charge is -2.38. The summed E-state index contributed by atoms with van der Waals surface area (Å²) in [4.78, 5) is 24.4. The maximum absolute atomic E-state index is 12.7. The summed E-state index contributed by atoms with van der Waals surface area (Å²) in [5.41, 5.74) is -0.606. The molecule has 0 aromatic heterocycles. The van der Waals surface area contributed by atoms with Crippen LogP contribution in [0.1, 0.15) is 60.8 Å². The maximum Gasteiger partial charge on any atom is 0.410 e. The maximum atomic E-state index is 12.7. The lowest BCUT2D eigenvalue weighted by Crippen LogP contribution is -2.45. The normalized spacial score (nSPS) is 22.2. The molecule has 0 spiro atoms. The molecule has 0 aliphatic carbocycles. The second-order valence-corrected chi connectivity index (χ2v) is 15.0. The third-order valence-corrected chi connectivity index (χ3v) is 10.00. The Morgan fingerprint density at radius 3 is 2.32 bits per heavy atom. The second-order valence-electron chi connectivity index (χ2n) is 10.3. The molecule has 1 saturated heterocycles. The fourth-order valence-corrected chi connectivity index (χ4v) is 4.38. The molecule has 28 heavy (non-hydrogen) atoms. The lowest BCUT2D eigenvalue weighted by molar-refractivity contribution is -0.490. The zero-order valence-electron chi connectivity index (χ0n) is 18.7. The molecule has 1 amide bonds. The molecule has 0 radical (unpaired) electrons. The van der Waals surface area contributed by atoms with Crippen LogP contribution in [0.25, 0.3) is 0 Å². The number of rotatable bonds is 7. The van der Waals surface area contributed by atoms with E-state index in [1.54, 1.807) is 4.90 Å². The van der Waals surface area contributed by atoms with Crippen LogP contribution in [0.5, 0.6) is 0 Å². The van der Waals surface area contributed by atoms with Gasteiger partial charge in [-0.1, -0.05) is 20.8 Å². The van der Waals surface area contributed by atoms with Crippen molar-refractivity contribution >= 4 is 14.4 Å². The minimum atomic E-state index is -1.99. The number of nitrogens with zero attached hydrogens (tertiary/aromatic N) is 2. The summed E-state index contributed by atoms with van der Waals surface area (Å²) in [5, 5.41) is 20.5. The largest absolute Gasteiger partial charge is 0.444 e. The first kappa shape index (κ1) is 24.8. The summed E-state index contributed by atoms with van der Waals surface area (Å²) in [5.74, 6) is 0. The zero-order chi connectivity index (χ0) is 21.9. The molecule has 3 atom stereocenters. The van der Waals surface area contributed by atoms with Gasteiger partial charge in [0.1, 0.15) is 11.7 Å². The number of hydrogen-bond acceptors (Lipinski definition) is 6. The molecule has 1 aliphatic heterocycles. The van der Waals surface area contributed by atoms with E-state index in [1.165, 1.54) is 0 Å². The quantitative estimate of drug-likeness (QED) is 0.383. The van der Waals surface area contributed by atoms with E-state index >= 15 is 0 Å². The van der Waals surface area contributed by atoms with Crippen LogP contribution in [0, 0.1) is 10.1 Å². The van der Waals surface area contributed by atoms with Gasteiger partial charge in [-0.3, -0.25) is 10.1 Å². The van der Waals surface area contributed by atoms with Gasteiger partial charge in [0.05, 0.1) is 6.10 Å². The van der Waals surface area contributed by atoms with Crippen molar-refractivity contribution in [3.63, 3.8) is 0 Å². The van der Waals surface area contributed by atoms with Gasteiger partial charge in [0, 0.05) is 17.5 Å². The molecule has 1 heterocycles. The molecule has 0 saturated carbocycles. The first-order chi connectivity index (χ1) is 12.5. The SMILES string of the molecule is CC(C)(C)OC(=O)N1C[C@H](O[Si](C)(C)C(C)(C)C)C[C@H]1CCC(O)C[N+](=O)[O-]. The molecule has 1 fully saturated rings. The van der Waals surface area contributed by atoms with E-state index in [1.807, 2.05) is 20.8 Å². The van der Waals surface area contributed by atoms with E-state index in [2.05, 4.69) is 33.9 Å². The number of nitro groups is 1. The van der Waals surface area contributed by atoms with E-state index in [9.17, 15) is 20.0 Å². The van der Waals surface area contributed by atoms with Gasteiger partial charge in [-0.05, 0) is 58.2 Å². The van der Waals surface area contributed by atoms with Gasteiger partial charge in [-0.25, -0.2) is 4.79 Å². The minimum Gasteiger partial charge on any atom is -0.444 e. The molecular formula is C19H38N2O6Si. The molecule has 9 heteroatoms. The van der Waals surface area contributed by atoms with Gasteiger partial charge in [-0.15, -0.1) is 0 Å². The van der Waals surface area contributed by atoms with Crippen molar-refractivity contribution in [3.05, 3.63) is 10.1 Å². The molecule has 164 valence electrons. The first-order valence-electron chi connectivity index (χ1n) is 9.99. The number of likely N-dealkylation sites (tertiary alicyclic amines) is 1. The summed E-state index contributed by atoms with van der Waals surface area (Å²) < 4.78 is 12.0. The van der Waals surface area contributed by atoms with Crippen molar-refractivity contribution in [1.29, 1.82) is 0 Å². The number of aliphatic hydroxyl groups excluding tert-OH is 1. The highest BCUT2D eigenvalue weighted by molar-refractivity contribution is 6.74. The van der Waals surface area contributed by atoms with Gasteiger partial charge in [0.2, 0.25) is 6.54 Å². The highest BCUT2D eigenvalue weighted by Crippen LogP contribution is 2.39. The van der Waals surface area contributed by atoms with Crippen LogP contribution >= 0.6 is 0 Å². The van der Waals surface area contributed by atoms with Crippen LogP contribution in [0.3, 0.4) is 0 Å². The molecule has 0 aromatic carbocycles. The number of aliphatic hydroxyl groups is 1. The zero-order valence-corrected chi connectivity index (χ0v) is 19.7. The van der Waals surface area contributed by atoms with Crippen LogP contribution in [-0.4, -0.2) is 66.3 Å². The van der Waals surface area contributed by atoms with Gasteiger partial charge < -0.3 is 19.2 Å². The van der Waals surface area contributed by atoms with E-state index in [4.69, 9.17) is 9.16 Å². The van der Waals surface area contributed by atoms with E-state index in [0.717, 1.165) is 0 Å². The second kappa shape index (κ2) is 9.09. The van der Waals surface area contributed by atoms with Crippen molar-refractivity contribution in [2.24, 2.45) is 0 Å². The fraction of sp³-hybridized carbons (Fsp3) is 0.947. The van der Waals surface area contributed by atoms with Crippen molar-refractivity contribution in [2.45, 2.75) is 103 Å². The van der Waals surface area contributed by atoms with Crippen LogP contribution < -0.4 is 0 Å². The van der Waals surface area contributed by atoms with Crippen molar-refractivity contribution < 1.29 is 24.0 Å². The standard InChI is InChI=1S/C19H38N2O6Si/c1-18(2,3)26-17(23)20-13-16(27-28(7,8)19(4,5)6)11-14(20)9-10-15(22)12-21(24)25/h14-16,22H,9-13H2,1-8H3/t14-,15?,16-/m1/s1. The Labute approximate surface area is 169 Å². The molecule has 1 aliphatic rings. The van der Waals surface area contributed by atoms with Gasteiger partial charge in [-0.2, -0.15) is 0 Å². The molecule has 1 N–H and O–H groups in total. The Kier molecular flexibility index (Phi) is 8.06. The highest BCUT2D eigenvalue weighted by atomic mass is 28.4. The van der Waals surface area contributed by atoms with E-state index < -0.39 is 37.6 Å². The summed E-state index contributed by atoms with van der Waals surface area (Å²) in [7, 11) is -1.99. The number of ether oxygens (including phenoxy) is 1. The van der Waals surface area contributed by atoms with Gasteiger partial charge in [0.15, 0.2) is 8.32 Å². The average molecular weight is 419 g/mol. The first-order valence-corrected chi connectivity index (χ1v) is 12.9. The van der Waals surface area contributed by atoms with Crippen LogP contribution in [-0.2, 0) is 9.16 Å². The van der Waals surface area contributed by atoms with Crippen molar-refractivity contribution in [1.82, 2.24) is 4.90 Å². The molecular weight excluding hydrogens is 380 g/mol. The number of carbonyl (C=O) groups excluding carboxylic acids is 1. The van der Waals surface area contributed by atoms with Crippen molar-refractivity contribution in [2.75, 3.05) is 13.1 Å². The monoisotopic (exact) mass is 418 g/mol.